The van der Waals surface area contributed by atoms with Gasteiger partial charge in [-0.3, -0.25) is 0 Å². The smallest absolute Gasteiger partial charge is 0.142 e. The first kappa shape index (κ1) is 14.6. The van der Waals surface area contributed by atoms with Crippen molar-refractivity contribution in [2.45, 2.75) is 26.7 Å². The highest BCUT2D eigenvalue weighted by molar-refractivity contribution is 5.79. The summed E-state index contributed by atoms with van der Waals surface area (Å²) in [6.07, 6.45) is 1.80. The van der Waals surface area contributed by atoms with E-state index in [-0.39, 0.29) is 5.82 Å². The molecule has 104 valence electrons. The average molecular weight is 276 g/mol. The summed E-state index contributed by atoms with van der Waals surface area (Å²) in [7, 11) is 0. The Kier molecular flexibility index (Phi) is 4.21. The van der Waals surface area contributed by atoms with E-state index in [0.717, 1.165) is 35.2 Å². The molecule has 0 saturated heterocycles. The maximum absolute atomic E-state index is 9.42. The molecule has 1 aromatic heterocycles. The standard InChI is InChI=1S/C17H16N4/c1-3-4-14-11(2)21-17(20)15(10-19)16(14)13-7-5-12(9-18)6-8-13/h5-8H,3-4H2,1-2H3,(H2,20,21). The minimum Gasteiger partial charge on any atom is -0.383 e. The van der Waals surface area contributed by atoms with E-state index in [9.17, 15) is 5.26 Å². The molecule has 2 N–H and O–H groups in total. The highest BCUT2D eigenvalue weighted by Gasteiger charge is 2.17. The largest absolute Gasteiger partial charge is 0.383 e. The van der Waals surface area contributed by atoms with E-state index in [1.54, 1.807) is 12.1 Å². The number of nitrogens with two attached hydrogens (primary N) is 1. The normalized spacial score (nSPS) is 9.90. The minimum atomic E-state index is 0.259. The third kappa shape index (κ3) is 2.70. The van der Waals surface area contributed by atoms with Crippen LogP contribution < -0.4 is 5.73 Å². The van der Waals surface area contributed by atoms with Crippen molar-refractivity contribution in [3.63, 3.8) is 0 Å². The third-order valence-electron chi connectivity index (χ3n) is 3.45. The number of hydrogen-bond acceptors (Lipinski definition) is 4. The van der Waals surface area contributed by atoms with Gasteiger partial charge in [0.15, 0.2) is 0 Å². The Labute approximate surface area is 124 Å². The van der Waals surface area contributed by atoms with Crippen LogP contribution in [-0.4, -0.2) is 4.98 Å². The molecular weight excluding hydrogens is 260 g/mol. The lowest BCUT2D eigenvalue weighted by atomic mass is 9.91. The van der Waals surface area contributed by atoms with Gasteiger partial charge in [-0.05, 0) is 36.6 Å². The highest BCUT2D eigenvalue weighted by Crippen LogP contribution is 2.32. The third-order valence-corrected chi connectivity index (χ3v) is 3.45. The number of nitriles is 2. The summed E-state index contributed by atoms with van der Waals surface area (Å²) >= 11 is 0. The number of aryl methyl sites for hydroxylation is 1. The van der Waals surface area contributed by atoms with Crippen molar-refractivity contribution in [3.8, 4) is 23.3 Å². The molecule has 0 bridgehead atoms. The number of nitrogens with zero attached hydrogens (tertiary/aromatic N) is 3. The fraction of sp³-hybridized carbons (Fsp3) is 0.235. The van der Waals surface area contributed by atoms with Gasteiger partial charge < -0.3 is 5.73 Å². The van der Waals surface area contributed by atoms with Gasteiger partial charge in [0, 0.05) is 11.3 Å². The minimum absolute atomic E-state index is 0.259. The van der Waals surface area contributed by atoms with Gasteiger partial charge in [0.2, 0.25) is 0 Å². The predicted octanol–water partition coefficient (Wildman–Crippen LogP) is 3.34. The first-order valence-electron chi connectivity index (χ1n) is 6.82. The SMILES string of the molecule is CCCc1c(C)nc(N)c(C#N)c1-c1ccc(C#N)cc1. The molecule has 1 heterocycles. The van der Waals surface area contributed by atoms with Gasteiger partial charge in [-0.25, -0.2) is 4.98 Å². The van der Waals surface area contributed by atoms with Crippen molar-refractivity contribution in [2.24, 2.45) is 0 Å². The van der Waals surface area contributed by atoms with E-state index >= 15 is 0 Å². The Morgan fingerprint density at radius 2 is 1.81 bits per heavy atom. The fourth-order valence-corrected chi connectivity index (χ4v) is 2.46. The molecule has 0 aliphatic carbocycles. The van der Waals surface area contributed by atoms with Crippen molar-refractivity contribution >= 4 is 5.82 Å². The molecule has 1 aromatic carbocycles. The Morgan fingerprint density at radius 3 is 2.33 bits per heavy atom. The zero-order chi connectivity index (χ0) is 15.4. The Morgan fingerprint density at radius 1 is 1.14 bits per heavy atom. The second kappa shape index (κ2) is 6.07. The Balaban J connectivity index is 2.75. The molecule has 2 aromatic rings. The van der Waals surface area contributed by atoms with Gasteiger partial charge in [0.05, 0.1) is 11.6 Å². The summed E-state index contributed by atoms with van der Waals surface area (Å²) in [6.45, 7) is 4.00. The van der Waals surface area contributed by atoms with Gasteiger partial charge in [-0.1, -0.05) is 25.5 Å². The van der Waals surface area contributed by atoms with E-state index < -0.39 is 0 Å². The number of aromatic nitrogens is 1. The molecule has 0 amide bonds. The van der Waals surface area contributed by atoms with Gasteiger partial charge in [-0.2, -0.15) is 10.5 Å². The van der Waals surface area contributed by atoms with E-state index in [2.05, 4.69) is 24.0 Å². The highest BCUT2D eigenvalue weighted by atomic mass is 14.8. The molecule has 2 rings (SSSR count). The summed E-state index contributed by atoms with van der Waals surface area (Å²) in [6, 6.07) is 11.5. The molecule has 0 aliphatic rings. The molecule has 0 unspecified atom stereocenters. The summed E-state index contributed by atoms with van der Waals surface area (Å²) in [4.78, 5) is 4.29. The zero-order valence-corrected chi connectivity index (χ0v) is 12.1. The van der Waals surface area contributed by atoms with Crippen LogP contribution in [-0.2, 0) is 6.42 Å². The number of nitrogen functional groups attached to an aromatic ring is 1. The first-order valence-corrected chi connectivity index (χ1v) is 6.82. The number of rotatable bonds is 3. The van der Waals surface area contributed by atoms with Gasteiger partial charge in [-0.15, -0.1) is 0 Å². The van der Waals surface area contributed by atoms with Gasteiger partial charge >= 0.3 is 0 Å². The van der Waals surface area contributed by atoms with Crippen LogP contribution >= 0.6 is 0 Å². The monoisotopic (exact) mass is 276 g/mol. The topological polar surface area (TPSA) is 86.5 Å². The van der Waals surface area contributed by atoms with Crippen molar-refractivity contribution < 1.29 is 0 Å². The maximum Gasteiger partial charge on any atom is 0.142 e. The lowest BCUT2D eigenvalue weighted by molar-refractivity contribution is 0.901. The van der Waals surface area contributed by atoms with E-state index in [1.165, 1.54) is 0 Å². The van der Waals surface area contributed by atoms with Crippen molar-refractivity contribution in [1.29, 1.82) is 10.5 Å². The van der Waals surface area contributed by atoms with Crippen LogP contribution in [0.4, 0.5) is 5.82 Å². The molecule has 0 radical (unpaired) electrons. The first-order chi connectivity index (χ1) is 10.1. The van der Waals surface area contributed by atoms with Crippen LogP contribution in [0.15, 0.2) is 24.3 Å². The van der Waals surface area contributed by atoms with Crippen LogP contribution in [0.25, 0.3) is 11.1 Å². The molecular formula is C17H16N4. The molecule has 0 aliphatic heterocycles. The van der Waals surface area contributed by atoms with Crippen LogP contribution in [0.1, 0.15) is 35.7 Å². The lowest BCUT2D eigenvalue weighted by Crippen LogP contribution is -2.05. The van der Waals surface area contributed by atoms with E-state index in [1.807, 2.05) is 19.1 Å². The van der Waals surface area contributed by atoms with Crippen molar-refractivity contribution in [3.05, 3.63) is 46.6 Å². The molecule has 0 atom stereocenters. The fourth-order valence-electron chi connectivity index (χ4n) is 2.46. The van der Waals surface area contributed by atoms with E-state index in [4.69, 9.17) is 11.0 Å². The predicted molar refractivity (Wildman–Crippen MR) is 82.2 cm³/mol. The van der Waals surface area contributed by atoms with E-state index in [0.29, 0.717) is 11.1 Å². The summed E-state index contributed by atoms with van der Waals surface area (Å²) < 4.78 is 0. The number of anilines is 1. The molecule has 21 heavy (non-hydrogen) atoms. The zero-order valence-electron chi connectivity index (χ0n) is 12.1. The van der Waals surface area contributed by atoms with Crippen LogP contribution in [0.5, 0.6) is 0 Å². The van der Waals surface area contributed by atoms with Crippen LogP contribution in [0, 0.1) is 29.6 Å². The van der Waals surface area contributed by atoms with Gasteiger partial charge in [0.25, 0.3) is 0 Å². The number of pyridine rings is 1. The molecule has 4 nitrogen and oxygen atoms in total. The van der Waals surface area contributed by atoms with Crippen molar-refractivity contribution in [2.75, 3.05) is 5.73 Å². The summed E-state index contributed by atoms with van der Waals surface area (Å²) in [5.41, 5.74) is 10.5. The number of hydrogen-bond donors (Lipinski definition) is 1. The number of benzene rings is 1. The maximum atomic E-state index is 9.42. The Hall–Kier alpha value is -2.85. The molecule has 0 saturated carbocycles. The molecule has 0 spiro atoms. The second-order valence-electron chi connectivity index (χ2n) is 4.86. The average Bonchev–Trinajstić information content (AvgIpc) is 2.50. The van der Waals surface area contributed by atoms with Crippen LogP contribution in [0.2, 0.25) is 0 Å². The molecule has 0 fully saturated rings. The van der Waals surface area contributed by atoms with Crippen molar-refractivity contribution in [1.82, 2.24) is 4.98 Å². The summed E-state index contributed by atoms with van der Waals surface area (Å²) in [5.74, 6) is 0.259. The lowest BCUT2D eigenvalue weighted by Gasteiger charge is -2.15. The van der Waals surface area contributed by atoms with Gasteiger partial charge in [0.1, 0.15) is 17.5 Å². The Bertz CT molecular complexity index is 746. The quantitative estimate of drug-likeness (QED) is 0.931. The molecule has 4 heteroatoms. The summed E-state index contributed by atoms with van der Waals surface area (Å²) in [5, 5.41) is 18.3. The van der Waals surface area contributed by atoms with Crippen LogP contribution in [0.3, 0.4) is 0 Å². The second-order valence-corrected chi connectivity index (χ2v) is 4.86.